The van der Waals surface area contributed by atoms with E-state index in [-0.39, 0.29) is 6.04 Å². The Morgan fingerprint density at radius 1 is 1.18 bits per heavy atom. The van der Waals surface area contributed by atoms with E-state index in [0.29, 0.717) is 12.6 Å². The molecule has 0 spiro atoms. The summed E-state index contributed by atoms with van der Waals surface area (Å²) in [6, 6.07) is 8.28. The fraction of sp³-hybridized carbons (Fsp3) is 0.450. The molecule has 148 valence electrons. The molecular formula is C20H26N6O2. The monoisotopic (exact) mass is 382 g/mol. The van der Waals surface area contributed by atoms with Gasteiger partial charge in [-0.15, -0.1) is 0 Å². The third kappa shape index (κ3) is 3.47. The predicted octanol–water partition coefficient (Wildman–Crippen LogP) is 2.38. The van der Waals surface area contributed by atoms with E-state index in [2.05, 4.69) is 27.4 Å². The molecule has 1 atom stereocenters. The molecule has 3 heterocycles. The lowest BCUT2D eigenvalue weighted by molar-refractivity contribution is 0.190. The fourth-order valence-corrected chi connectivity index (χ4v) is 3.64. The summed E-state index contributed by atoms with van der Waals surface area (Å²) in [5, 5.41) is 9.05. The zero-order chi connectivity index (χ0) is 19.7. The van der Waals surface area contributed by atoms with Gasteiger partial charge >= 0.3 is 0 Å². The van der Waals surface area contributed by atoms with Crippen LogP contribution in [0.4, 0.5) is 11.8 Å². The van der Waals surface area contributed by atoms with Crippen molar-refractivity contribution in [1.29, 1.82) is 0 Å². The Morgan fingerprint density at radius 2 is 1.96 bits per heavy atom. The first-order valence-corrected chi connectivity index (χ1v) is 9.46. The van der Waals surface area contributed by atoms with Crippen LogP contribution in [0, 0.1) is 0 Å². The Morgan fingerprint density at radius 3 is 2.68 bits per heavy atom. The van der Waals surface area contributed by atoms with Crippen LogP contribution in [0.3, 0.4) is 0 Å². The molecule has 0 amide bonds. The van der Waals surface area contributed by atoms with Crippen molar-refractivity contribution in [2.24, 2.45) is 7.05 Å². The lowest BCUT2D eigenvalue weighted by Crippen LogP contribution is -2.30. The number of hydrogen-bond acceptors (Lipinski definition) is 7. The van der Waals surface area contributed by atoms with Crippen molar-refractivity contribution in [3.63, 3.8) is 0 Å². The number of ether oxygens (including phenoxy) is 2. The summed E-state index contributed by atoms with van der Waals surface area (Å²) in [6.45, 7) is 4.28. The number of hydrogen-bond donors (Lipinski definition) is 1. The normalized spacial score (nSPS) is 14.4. The third-order valence-corrected chi connectivity index (χ3v) is 4.98. The standard InChI is InChI=1S/C20H26N6O2/c1-13(12-27-3)21-20-22-18-17-16(24-25(18)2)9-10-26(19(17)23-20)11-14-5-7-15(28-4)8-6-14/h5-8,13H,9-12H2,1-4H3,(H,21,22,23)/t13-/m0/s1. The number of nitrogens with zero attached hydrogens (tertiary/aromatic N) is 5. The minimum absolute atomic E-state index is 0.112. The zero-order valence-corrected chi connectivity index (χ0v) is 16.8. The minimum atomic E-state index is 0.112. The van der Waals surface area contributed by atoms with E-state index in [1.54, 1.807) is 14.2 Å². The Hall–Kier alpha value is -2.87. The minimum Gasteiger partial charge on any atom is -0.497 e. The molecule has 1 aliphatic rings. The summed E-state index contributed by atoms with van der Waals surface area (Å²) in [5.41, 5.74) is 3.13. The third-order valence-electron chi connectivity index (χ3n) is 4.98. The highest BCUT2D eigenvalue weighted by Crippen LogP contribution is 2.33. The van der Waals surface area contributed by atoms with E-state index in [4.69, 9.17) is 19.4 Å². The molecule has 0 fully saturated rings. The molecule has 1 aliphatic heterocycles. The van der Waals surface area contributed by atoms with Gasteiger partial charge in [-0.2, -0.15) is 15.1 Å². The molecule has 0 radical (unpaired) electrons. The van der Waals surface area contributed by atoms with E-state index in [0.717, 1.165) is 47.8 Å². The fourth-order valence-electron chi connectivity index (χ4n) is 3.64. The molecule has 4 rings (SSSR count). The van der Waals surface area contributed by atoms with Crippen molar-refractivity contribution in [2.45, 2.75) is 25.9 Å². The van der Waals surface area contributed by atoms with Crippen LogP contribution in [0.1, 0.15) is 18.2 Å². The average Bonchev–Trinajstić information content (AvgIpc) is 3.01. The molecule has 0 bridgehead atoms. The number of aromatic nitrogens is 4. The zero-order valence-electron chi connectivity index (χ0n) is 16.8. The van der Waals surface area contributed by atoms with Gasteiger partial charge in [0, 0.05) is 39.7 Å². The SMILES string of the molecule is COC[C@H](C)Nc1nc2c3c(nn(C)c3n1)CCN2Cc1ccc(OC)cc1. The smallest absolute Gasteiger partial charge is 0.227 e. The molecule has 8 heteroatoms. The Labute approximate surface area is 164 Å². The van der Waals surface area contributed by atoms with Gasteiger partial charge in [0.2, 0.25) is 5.95 Å². The number of methoxy groups -OCH3 is 2. The molecule has 0 aliphatic carbocycles. The highest BCUT2D eigenvalue weighted by molar-refractivity contribution is 5.92. The maximum atomic E-state index is 5.26. The van der Waals surface area contributed by atoms with Gasteiger partial charge in [-0.3, -0.25) is 0 Å². The van der Waals surface area contributed by atoms with E-state index in [1.807, 2.05) is 30.8 Å². The summed E-state index contributed by atoms with van der Waals surface area (Å²) < 4.78 is 12.3. The van der Waals surface area contributed by atoms with Gasteiger partial charge in [0.25, 0.3) is 0 Å². The first-order valence-electron chi connectivity index (χ1n) is 9.46. The van der Waals surface area contributed by atoms with Gasteiger partial charge in [-0.05, 0) is 24.6 Å². The van der Waals surface area contributed by atoms with Crippen LogP contribution in [0.15, 0.2) is 24.3 Å². The largest absolute Gasteiger partial charge is 0.497 e. The van der Waals surface area contributed by atoms with Crippen molar-refractivity contribution in [3.8, 4) is 5.75 Å². The van der Waals surface area contributed by atoms with Gasteiger partial charge in [0.1, 0.15) is 11.6 Å². The summed E-state index contributed by atoms with van der Waals surface area (Å²) in [7, 11) is 5.31. The molecule has 28 heavy (non-hydrogen) atoms. The van der Waals surface area contributed by atoms with Crippen molar-refractivity contribution in [3.05, 3.63) is 35.5 Å². The lowest BCUT2D eigenvalue weighted by Gasteiger charge is -2.28. The summed E-state index contributed by atoms with van der Waals surface area (Å²) in [4.78, 5) is 11.9. The quantitative estimate of drug-likeness (QED) is 0.672. The van der Waals surface area contributed by atoms with Crippen LogP contribution >= 0.6 is 0 Å². The van der Waals surface area contributed by atoms with Gasteiger partial charge in [-0.25, -0.2) is 4.68 Å². The highest BCUT2D eigenvalue weighted by Gasteiger charge is 2.26. The van der Waals surface area contributed by atoms with Crippen molar-refractivity contribution in [2.75, 3.05) is 37.6 Å². The second-order valence-electron chi connectivity index (χ2n) is 7.16. The number of benzene rings is 1. The summed E-state index contributed by atoms with van der Waals surface area (Å²) >= 11 is 0. The number of nitrogens with one attached hydrogen (secondary N) is 1. The second-order valence-corrected chi connectivity index (χ2v) is 7.16. The van der Waals surface area contributed by atoms with Crippen LogP contribution in [0.25, 0.3) is 11.0 Å². The maximum absolute atomic E-state index is 5.26. The Kier molecular flexibility index (Phi) is 5.04. The molecular weight excluding hydrogens is 356 g/mol. The average molecular weight is 382 g/mol. The number of aryl methyl sites for hydroxylation is 1. The Balaban J connectivity index is 1.69. The van der Waals surface area contributed by atoms with Gasteiger partial charge in [0.15, 0.2) is 5.65 Å². The predicted molar refractivity (Wildman–Crippen MR) is 109 cm³/mol. The lowest BCUT2D eigenvalue weighted by atomic mass is 10.1. The first-order chi connectivity index (χ1) is 13.6. The van der Waals surface area contributed by atoms with Crippen LogP contribution in [0.5, 0.6) is 5.75 Å². The molecule has 2 aromatic heterocycles. The van der Waals surface area contributed by atoms with E-state index in [1.165, 1.54) is 5.56 Å². The van der Waals surface area contributed by atoms with Crippen molar-refractivity contribution >= 4 is 22.8 Å². The molecule has 0 unspecified atom stereocenters. The Bertz CT molecular complexity index is 969. The van der Waals surface area contributed by atoms with Gasteiger partial charge in [-0.1, -0.05) is 12.1 Å². The number of rotatable bonds is 7. The molecule has 0 saturated heterocycles. The van der Waals surface area contributed by atoms with E-state index >= 15 is 0 Å². The summed E-state index contributed by atoms with van der Waals surface area (Å²) in [5.74, 6) is 2.39. The van der Waals surface area contributed by atoms with Gasteiger partial charge in [0.05, 0.1) is 24.8 Å². The maximum Gasteiger partial charge on any atom is 0.227 e. The molecule has 0 saturated carbocycles. The molecule has 1 aromatic carbocycles. The van der Waals surface area contributed by atoms with Crippen molar-refractivity contribution in [1.82, 2.24) is 19.7 Å². The van der Waals surface area contributed by atoms with Crippen LogP contribution in [0.2, 0.25) is 0 Å². The van der Waals surface area contributed by atoms with Crippen LogP contribution < -0.4 is 15.0 Å². The topological polar surface area (TPSA) is 77.3 Å². The molecule has 1 N–H and O–H groups in total. The van der Waals surface area contributed by atoms with Crippen LogP contribution in [-0.2, 0) is 24.8 Å². The van der Waals surface area contributed by atoms with E-state index in [9.17, 15) is 0 Å². The second kappa shape index (κ2) is 7.63. The first kappa shape index (κ1) is 18.5. The van der Waals surface area contributed by atoms with E-state index < -0.39 is 0 Å². The molecule has 3 aromatic rings. The summed E-state index contributed by atoms with van der Waals surface area (Å²) in [6.07, 6.45) is 0.886. The highest BCUT2D eigenvalue weighted by atomic mass is 16.5. The van der Waals surface area contributed by atoms with Crippen LogP contribution in [-0.4, -0.2) is 53.2 Å². The van der Waals surface area contributed by atoms with Gasteiger partial charge < -0.3 is 19.7 Å². The number of anilines is 2. The molecule has 8 nitrogen and oxygen atoms in total. The van der Waals surface area contributed by atoms with Crippen molar-refractivity contribution < 1.29 is 9.47 Å².